The van der Waals surface area contributed by atoms with Crippen LogP contribution in [0.3, 0.4) is 0 Å². The molecule has 0 atom stereocenters. The molecule has 2 aromatic heterocycles. The minimum Gasteiger partial charge on any atom is -0.340 e. The second-order valence-electron chi connectivity index (χ2n) is 5.59. The SMILES string of the molecule is Cc1nc(Cn2cccc2C(=O)N2CCc3ccccc32)no1. The summed E-state index contributed by atoms with van der Waals surface area (Å²) in [6.45, 7) is 2.88. The number of carbonyl (C=O) groups is 1. The molecule has 6 heteroatoms. The molecule has 3 aromatic rings. The number of anilines is 1. The van der Waals surface area contributed by atoms with Gasteiger partial charge in [0.2, 0.25) is 5.89 Å². The third-order valence-electron chi connectivity index (χ3n) is 4.06. The van der Waals surface area contributed by atoms with Crippen LogP contribution in [0.4, 0.5) is 5.69 Å². The van der Waals surface area contributed by atoms with E-state index in [1.807, 2.05) is 46.0 Å². The van der Waals surface area contributed by atoms with Gasteiger partial charge >= 0.3 is 0 Å². The summed E-state index contributed by atoms with van der Waals surface area (Å²) in [5.41, 5.74) is 2.84. The molecule has 23 heavy (non-hydrogen) atoms. The largest absolute Gasteiger partial charge is 0.340 e. The first-order valence-electron chi connectivity index (χ1n) is 7.56. The molecule has 1 aliphatic rings. The van der Waals surface area contributed by atoms with Crippen LogP contribution in [0, 0.1) is 6.92 Å². The number of carbonyl (C=O) groups excluding carboxylic acids is 1. The van der Waals surface area contributed by atoms with Gasteiger partial charge in [0.25, 0.3) is 5.91 Å². The van der Waals surface area contributed by atoms with Crippen LogP contribution in [0.2, 0.25) is 0 Å². The van der Waals surface area contributed by atoms with E-state index in [-0.39, 0.29) is 5.91 Å². The lowest BCUT2D eigenvalue weighted by Gasteiger charge is -2.18. The van der Waals surface area contributed by atoms with Crippen LogP contribution < -0.4 is 4.90 Å². The van der Waals surface area contributed by atoms with Crippen LogP contribution in [0.5, 0.6) is 0 Å². The summed E-state index contributed by atoms with van der Waals surface area (Å²) in [5, 5.41) is 3.89. The van der Waals surface area contributed by atoms with Gasteiger partial charge in [0.05, 0.1) is 6.54 Å². The number of hydrogen-bond donors (Lipinski definition) is 0. The van der Waals surface area contributed by atoms with Gasteiger partial charge in [0, 0.05) is 25.4 Å². The van der Waals surface area contributed by atoms with Gasteiger partial charge in [-0.3, -0.25) is 4.79 Å². The molecule has 0 spiro atoms. The predicted octanol–water partition coefficient (Wildman–Crippen LogP) is 2.43. The number of amides is 1. The molecule has 0 aliphatic carbocycles. The number of aromatic nitrogens is 3. The van der Waals surface area contributed by atoms with Crippen molar-refractivity contribution >= 4 is 11.6 Å². The van der Waals surface area contributed by atoms with E-state index in [0.29, 0.717) is 30.5 Å². The molecule has 4 rings (SSSR count). The van der Waals surface area contributed by atoms with Crippen LogP contribution in [0.15, 0.2) is 47.1 Å². The Morgan fingerprint density at radius 1 is 1.26 bits per heavy atom. The quantitative estimate of drug-likeness (QED) is 0.745. The fourth-order valence-electron chi connectivity index (χ4n) is 2.99. The maximum Gasteiger partial charge on any atom is 0.274 e. The Morgan fingerprint density at radius 2 is 2.13 bits per heavy atom. The van der Waals surface area contributed by atoms with Gasteiger partial charge in [-0.1, -0.05) is 23.4 Å². The van der Waals surface area contributed by atoms with E-state index in [9.17, 15) is 4.79 Å². The topological polar surface area (TPSA) is 64.2 Å². The molecule has 116 valence electrons. The van der Waals surface area contributed by atoms with Gasteiger partial charge < -0.3 is 14.0 Å². The zero-order chi connectivity index (χ0) is 15.8. The lowest BCUT2D eigenvalue weighted by atomic mass is 10.2. The third kappa shape index (κ3) is 2.42. The maximum absolute atomic E-state index is 12.9. The number of aryl methyl sites for hydroxylation is 1. The van der Waals surface area contributed by atoms with E-state index in [2.05, 4.69) is 16.2 Å². The highest BCUT2D eigenvalue weighted by Gasteiger charge is 2.26. The van der Waals surface area contributed by atoms with Crippen molar-refractivity contribution in [1.82, 2.24) is 14.7 Å². The van der Waals surface area contributed by atoms with Crippen molar-refractivity contribution in [2.45, 2.75) is 19.9 Å². The van der Waals surface area contributed by atoms with Gasteiger partial charge in [-0.2, -0.15) is 4.98 Å². The molecule has 0 N–H and O–H groups in total. The van der Waals surface area contributed by atoms with E-state index in [1.165, 1.54) is 5.56 Å². The summed E-state index contributed by atoms with van der Waals surface area (Å²) >= 11 is 0. The van der Waals surface area contributed by atoms with E-state index < -0.39 is 0 Å². The molecule has 0 saturated carbocycles. The Kier molecular flexibility index (Phi) is 3.22. The van der Waals surface area contributed by atoms with E-state index in [0.717, 1.165) is 12.1 Å². The van der Waals surface area contributed by atoms with Crippen molar-refractivity contribution in [2.24, 2.45) is 0 Å². The lowest BCUT2D eigenvalue weighted by molar-refractivity contribution is 0.0981. The van der Waals surface area contributed by atoms with Crippen LogP contribution in [-0.2, 0) is 13.0 Å². The number of rotatable bonds is 3. The first-order chi connectivity index (χ1) is 11.2. The Balaban J connectivity index is 1.62. The monoisotopic (exact) mass is 308 g/mol. The molecule has 3 heterocycles. The highest BCUT2D eigenvalue weighted by atomic mass is 16.5. The second kappa shape index (κ2) is 5.39. The van der Waals surface area contributed by atoms with E-state index >= 15 is 0 Å². The molecule has 0 saturated heterocycles. The molecular formula is C17H16N4O2. The number of para-hydroxylation sites is 1. The van der Waals surface area contributed by atoms with E-state index in [4.69, 9.17) is 4.52 Å². The molecule has 6 nitrogen and oxygen atoms in total. The predicted molar refractivity (Wildman–Crippen MR) is 84.4 cm³/mol. The Morgan fingerprint density at radius 3 is 2.96 bits per heavy atom. The van der Waals surface area contributed by atoms with Gasteiger partial charge in [0.15, 0.2) is 5.82 Å². The van der Waals surface area contributed by atoms with Gasteiger partial charge in [-0.15, -0.1) is 0 Å². The van der Waals surface area contributed by atoms with Crippen molar-refractivity contribution in [2.75, 3.05) is 11.4 Å². The molecular weight excluding hydrogens is 292 g/mol. The van der Waals surface area contributed by atoms with Crippen LogP contribution in [0.25, 0.3) is 0 Å². The van der Waals surface area contributed by atoms with Gasteiger partial charge in [-0.05, 0) is 30.2 Å². The van der Waals surface area contributed by atoms with Crippen molar-refractivity contribution in [3.05, 3.63) is 65.6 Å². The molecule has 0 radical (unpaired) electrons. The lowest BCUT2D eigenvalue weighted by Crippen LogP contribution is -2.30. The Hall–Kier alpha value is -2.89. The van der Waals surface area contributed by atoms with Crippen LogP contribution in [-0.4, -0.2) is 27.2 Å². The number of fused-ring (bicyclic) bond motifs is 1. The summed E-state index contributed by atoms with van der Waals surface area (Å²) in [4.78, 5) is 19.0. The summed E-state index contributed by atoms with van der Waals surface area (Å²) < 4.78 is 6.84. The average Bonchev–Trinajstić information content (AvgIpc) is 3.27. The number of nitrogens with zero attached hydrogens (tertiary/aromatic N) is 4. The van der Waals surface area contributed by atoms with Crippen molar-refractivity contribution in [3.63, 3.8) is 0 Å². The van der Waals surface area contributed by atoms with Crippen molar-refractivity contribution in [1.29, 1.82) is 0 Å². The molecule has 1 aliphatic heterocycles. The van der Waals surface area contributed by atoms with Crippen molar-refractivity contribution in [3.8, 4) is 0 Å². The fourth-order valence-corrected chi connectivity index (χ4v) is 2.99. The second-order valence-corrected chi connectivity index (χ2v) is 5.59. The number of benzene rings is 1. The van der Waals surface area contributed by atoms with Crippen LogP contribution >= 0.6 is 0 Å². The Bertz CT molecular complexity index is 865. The summed E-state index contributed by atoms with van der Waals surface area (Å²) in [7, 11) is 0. The maximum atomic E-state index is 12.9. The van der Waals surface area contributed by atoms with Crippen LogP contribution in [0.1, 0.15) is 27.8 Å². The first kappa shape index (κ1) is 13.8. The zero-order valence-corrected chi connectivity index (χ0v) is 12.8. The Labute approximate surface area is 133 Å². The van der Waals surface area contributed by atoms with Gasteiger partial charge in [-0.25, -0.2) is 0 Å². The zero-order valence-electron chi connectivity index (χ0n) is 12.8. The van der Waals surface area contributed by atoms with Gasteiger partial charge in [0.1, 0.15) is 5.69 Å². The molecule has 1 aromatic carbocycles. The minimum absolute atomic E-state index is 0.000154. The molecule has 0 bridgehead atoms. The third-order valence-corrected chi connectivity index (χ3v) is 4.06. The molecule has 0 fully saturated rings. The fraction of sp³-hybridized carbons (Fsp3) is 0.235. The smallest absolute Gasteiger partial charge is 0.274 e. The highest BCUT2D eigenvalue weighted by Crippen LogP contribution is 2.28. The normalized spacial score (nSPS) is 13.3. The minimum atomic E-state index is 0.000154. The average molecular weight is 308 g/mol. The van der Waals surface area contributed by atoms with E-state index in [1.54, 1.807) is 6.92 Å². The summed E-state index contributed by atoms with van der Waals surface area (Å²) in [5.74, 6) is 1.09. The summed E-state index contributed by atoms with van der Waals surface area (Å²) in [6.07, 6.45) is 2.76. The molecule has 1 amide bonds. The highest BCUT2D eigenvalue weighted by molar-refractivity contribution is 6.06. The number of hydrogen-bond acceptors (Lipinski definition) is 4. The standard InChI is InChI=1S/C17H16N4O2/c1-12-18-16(19-23-12)11-20-9-4-7-15(20)17(22)21-10-8-13-5-2-3-6-14(13)21/h2-7,9H,8,10-11H2,1H3. The first-order valence-corrected chi connectivity index (χ1v) is 7.56. The molecule has 0 unspecified atom stereocenters. The van der Waals surface area contributed by atoms with Crippen molar-refractivity contribution < 1.29 is 9.32 Å². The summed E-state index contributed by atoms with van der Waals surface area (Å²) in [6, 6.07) is 11.7.